The fraction of sp³-hybridized carbons (Fsp3) is 0.357. The zero-order valence-electron chi connectivity index (χ0n) is 11.1. The summed E-state index contributed by atoms with van der Waals surface area (Å²) in [6, 6.07) is 5.21. The smallest absolute Gasteiger partial charge is 0.249 e. The lowest BCUT2D eigenvalue weighted by Crippen LogP contribution is -2.40. The van der Waals surface area contributed by atoms with E-state index in [1.54, 1.807) is 11.2 Å². The number of nitrogens with one attached hydrogen (secondary N) is 1. The highest BCUT2D eigenvalue weighted by Crippen LogP contribution is 2.33. The SMILES string of the molecule is CCOc1cccc2c1CN(C1CC(=O)NC1=O)C=N2. The quantitative estimate of drug-likeness (QED) is 0.833. The molecule has 0 aromatic heterocycles. The van der Waals surface area contributed by atoms with E-state index in [4.69, 9.17) is 4.74 Å². The molecule has 1 saturated heterocycles. The molecule has 3 rings (SSSR count). The average molecular weight is 273 g/mol. The summed E-state index contributed by atoms with van der Waals surface area (Å²) in [7, 11) is 0. The molecule has 0 spiro atoms. The molecule has 2 aliphatic rings. The highest BCUT2D eigenvalue weighted by Gasteiger charge is 2.35. The van der Waals surface area contributed by atoms with Crippen molar-refractivity contribution in [1.29, 1.82) is 0 Å². The van der Waals surface area contributed by atoms with Gasteiger partial charge in [0.2, 0.25) is 11.8 Å². The molecule has 6 nitrogen and oxygen atoms in total. The maximum atomic E-state index is 11.7. The molecular formula is C14H15N3O3. The van der Waals surface area contributed by atoms with Crippen molar-refractivity contribution < 1.29 is 14.3 Å². The van der Waals surface area contributed by atoms with Crippen molar-refractivity contribution in [3.8, 4) is 5.75 Å². The first-order chi connectivity index (χ1) is 9.69. The van der Waals surface area contributed by atoms with Crippen molar-refractivity contribution in [3.05, 3.63) is 23.8 Å². The molecular weight excluding hydrogens is 258 g/mol. The molecule has 0 radical (unpaired) electrons. The number of carbonyl (C=O) groups excluding carboxylic acids is 2. The first-order valence-corrected chi connectivity index (χ1v) is 6.57. The maximum Gasteiger partial charge on any atom is 0.249 e. The lowest BCUT2D eigenvalue weighted by Gasteiger charge is -2.28. The molecule has 6 heteroatoms. The van der Waals surface area contributed by atoms with Crippen LogP contribution in [0.3, 0.4) is 0 Å². The molecule has 2 amide bonds. The third-order valence-corrected chi connectivity index (χ3v) is 3.44. The monoisotopic (exact) mass is 273 g/mol. The van der Waals surface area contributed by atoms with Crippen LogP contribution in [-0.4, -0.2) is 35.7 Å². The number of ether oxygens (including phenoxy) is 1. The second-order valence-electron chi connectivity index (χ2n) is 4.74. The minimum absolute atomic E-state index is 0.178. The van der Waals surface area contributed by atoms with Gasteiger partial charge in [0.15, 0.2) is 0 Å². The van der Waals surface area contributed by atoms with Gasteiger partial charge in [-0.3, -0.25) is 14.9 Å². The zero-order valence-corrected chi connectivity index (χ0v) is 11.1. The van der Waals surface area contributed by atoms with Gasteiger partial charge in [0, 0.05) is 5.56 Å². The number of carbonyl (C=O) groups is 2. The van der Waals surface area contributed by atoms with Crippen molar-refractivity contribution in [2.75, 3.05) is 6.61 Å². The van der Waals surface area contributed by atoms with E-state index >= 15 is 0 Å². The zero-order chi connectivity index (χ0) is 14.1. The lowest BCUT2D eigenvalue weighted by molar-refractivity contribution is -0.125. The van der Waals surface area contributed by atoms with Crippen LogP contribution >= 0.6 is 0 Å². The Morgan fingerprint density at radius 1 is 1.45 bits per heavy atom. The molecule has 2 heterocycles. The van der Waals surface area contributed by atoms with Gasteiger partial charge in [0.05, 0.1) is 31.6 Å². The van der Waals surface area contributed by atoms with Crippen LogP contribution in [-0.2, 0) is 16.1 Å². The van der Waals surface area contributed by atoms with Crippen LogP contribution in [0.1, 0.15) is 18.9 Å². The first kappa shape index (κ1) is 12.7. The van der Waals surface area contributed by atoms with Gasteiger partial charge in [0.25, 0.3) is 0 Å². The Balaban J connectivity index is 1.88. The molecule has 104 valence electrons. The van der Waals surface area contributed by atoms with E-state index in [9.17, 15) is 9.59 Å². The van der Waals surface area contributed by atoms with E-state index in [1.807, 2.05) is 25.1 Å². The van der Waals surface area contributed by atoms with Gasteiger partial charge in [-0.1, -0.05) is 6.07 Å². The van der Waals surface area contributed by atoms with Crippen molar-refractivity contribution >= 4 is 23.8 Å². The number of rotatable bonds is 3. The summed E-state index contributed by atoms with van der Waals surface area (Å²) in [5.41, 5.74) is 1.79. The van der Waals surface area contributed by atoms with E-state index in [0.29, 0.717) is 13.2 Å². The van der Waals surface area contributed by atoms with Crippen molar-refractivity contribution in [1.82, 2.24) is 10.2 Å². The summed E-state index contributed by atoms with van der Waals surface area (Å²) in [6.45, 7) is 3.01. The number of nitrogens with zero attached hydrogens (tertiary/aromatic N) is 2. The Morgan fingerprint density at radius 3 is 3.00 bits per heavy atom. The van der Waals surface area contributed by atoms with E-state index < -0.39 is 6.04 Å². The Hall–Kier alpha value is -2.37. The van der Waals surface area contributed by atoms with Crippen molar-refractivity contribution in [2.24, 2.45) is 4.99 Å². The van der Waals surface area contributed by atoms with E-state index in [1.165, 1.54) is 0 Å². The van der Waals surface area contributed by atoms with Crippen LogP contribution < -0.4 is 10.1 Å². The van der Waals surface area contributed by atoms with Crippen LogP contribution in [0.5, 0.6) is 5.75 Å². The van der Waals surface area contributed by atoms with Gasteiger partial charge in [-0.25, -0.2) is 4.99 Å². The summed E-state index contributed by atoms with van der Waals surface area (Å²) in [6.07, 6.45) is 1.80. The van der Waals surface area contributed by atoms with Gasteiger partial charge in [-0.15, -0.1) is 0 Å². The molecule has 0 bridgehead atoms. The van der Waals surface area contributed by atoms with Crippen LogP contribution in [0.2, 0.25) is 0 Å². The molecule has 1 aromatic carbocycles. The molecule has 1 N–H and O–H groups in total. The number of hydrogen-bond acceptors (Lipinski definition) is 5. The third-order valence-electron chi connectivity index (χ3n) is 3.44. The van der Waals surface area contributed by atoms with Gasteiger partial charge in [0.1, 0.15) is 11.8 Å². The third kappa shape index (κ3) is 2.13. The molecule has 2 aliphatic heterocycles. The summed E-state index contributed by atoms with van der Waals surface area (Å²) in [4.78, 5) is 29.2. The molecule has 0 saturated carbocycles. The maximum absolute atomic E-state index is 11.7. The molecule has 0 aliphatic carbocycles. The highest BCUT2D eigenvalue weighted by atomic mass is 16.5. The first-order valence-electron chi connectivity index (χ1n) is 6.57. The number of imide groups is 1. The molecule has 20 heavy (non-hydrogen) atoms. The molecule has 1 fully saturated rings. The summed E-state index contributed by atoms with van der Waals surface area (Å²) in [5, 5.41) is 2.32. The Kier molecular flexibility index (Phi) is 3.14. The minimum Gasteiger partial charge on any atom is -0.493 e. The van der Waals surface area contributed by atoms with Gasteiger partial charge in [-0.05, 0) is 19.1 Å². The van der Waals surface area contributed by atoms with Crippen LogP contribution in [0, 0.1) is 0 Å². The normalized spacial score (nSPS) is 20.9. The van der Waals surface area contributed by atoms with Crippen molar-refractivity contribution in [2.45, 2.75) is 25.9 Å². The summed E-state index contributed by atoms with van der Waals surface area (Å²) >= 11 is 0. The van der Waals surface area contributed by atoms with Gasteiger partial charge in [-0.2, -0.15) is 0 Å². The van der Waals surface area contributed by atoms with Crippen LogP contribution in [0.25, 0.3) is 0 Å². The van der Waals surface area contributed by atoms with Crippen LogP contribution in [0.4, 0.5) is 5.69 Å². The van der Waals surface area contributed by atoms with E-state index in [0.717, 1.165) is 17.0 Å². The lowest BCUT2D eigenvalue weighted by atomic mass is 10.1. The number of aliphatic imine (C=N–C) groups is 1. The summed E-state index contributed by atoms with van der Waals surface area (Å²) in [5.74, 6) is 0.271. The topological polar surface area (TPSA) is 71.0 Å². The second-order valence-corrected chi connectivity index (χ2v) is 4.74. The van der Waals surface area contributed by atoms with Crippen molar-refractivity contribution in [3.63, 3.8) is 0 Å². The Labute approximate surface area is 116 Å². The van der Waals surface area contributed by atoms with Gasteiger partial charge >= 0.3 is 0 Å². The second kappa shape index (κ2) is 4.96. The van der Waals surface area contributed by atoms with Gasteiger partial charge < -0.3 is 9.64 Å². The number of hydrogen-bond donors (Lipinski definition) is 1. The molecule has 1 unspecified atom stereocenters. The summed E-state index contributed by atoms with van der Waals surface area (Å²) < 4.78 is 5.60. The number of fused-ring (bicyclic) bond motifs is 1. The fourth-order valence-corrected chi connectivity index (χ4v) is 2.48. The minimum atomic E-state index is -0.478. The Morgan fingerprint density at radius 2 is 2.30 bits per heavy atom. The average Bonchev–Trinajstić information content (AvgIpc) is 2.78. The van der Waals surface area contributed by atoms with Crippen LogP contribution in [0.15, 0.2) is 23.2 Å². The standard InChI is InChI=1S/C14H15N3O3/c1-2-20-12-5-3-4-10-9(12)7-17(8-15-10)11-6-13(18)16-14(11)19/h3-5,8,11H,2,6-7H2,1H3,(H,16,18,19). The highest BCUT2D eigenvalue weighted by molar-refractivity contribution is 6.06. The molecule has 1 atom stereocenters. The number of amides is 2. The molecule has 1 aromatic rings. The predicted octanol–water partition coefficient (Wildman–Crippen LogP) is 0.976. The van der Waals surface area contributed by atoms with E-state index in [-0.39, 0.29) is 18.2 Å². The largest absolute Gasteiger partial charge is 0.493 e. The number of benzene rings is 1. The fourth-order valence-electron chi connectivity index (χ4n) is 2.48. The Bertz CT molecular complexity index is 597. The van der Waals surface area contributed by atoms with E-state index in [2.05, 4.69) is 10.3 Å². The predicted molar refractivity (Wildman–Crippen MR) is 72.9 cm³/mol.